The summed E-state index contributed by atoms with van der Waals surface area (Å²) in [5.41, 5.74) is 4.40. The second-order valence-corrected chi connectivity index (χ2v) is 2.51. The first-order chi connectivity index (χ1) is 6.49. The zero-order chi connectivity index (χ0) is 10.9. The number of nitrogen functional groups attached to an aromatic ring is 1. The molecule has 0 aliphatic rings. The molecule has 0 fully saturated rings. The zero-order valence-electron chi connectivity index (χ0n) is 7.24. The lowest BCUT2D eigenvalue weighted by Gasteiger charge is -2.08. The van der Waals surface area contributed by atoms with Gasteiger partial charge in [-0.3, -0.25) is 0 Å². The van der Waals surface area contributed by atoms with Crippen LogP contribution < -0.4 is 10.5 Å². The van der Waals surface area contributed by atoms with Gasteiger partial charge in [0.05, 0.1) is 12.8 Å². The Labute approximate surface area is 78.5 Å². The normalized spacial score (nSPS) is 9.86. The van der Waals surface area contributed by atoms with Crippen molar-refractivity contribution in [1.82, 2.24) is 0 Å². The van der Waals surface area contributed by atoms with Crippen LogP contribution in [0, 0.1) is 5.82 Å². The van der Waals surface area contributed by atoms with Crippen molar-refractivity contribution in [2.45, 2.75) is 0 Å². The van der Waals surface area contributed by atoms with Crippen LogP contribution in [0.5, 0.6) is 11.5 Å². The van der Waals surface area contributed by atoms with Gasteiger partial charge in [-0.2, -0.15) is 4.39 Å². The average Bonchev–Trinajstić information content (AvgIpc) is 2.13. The van der Waals surface area contributed by atoms with Crippen LogP contribution in [0.3, 0.4) is 0 Å². The summed E-state index contributed by atoms with van der Waals surface area (Å²) in [6.07, 6.45) is 0. The smallest absolute Gasteiger partial charge is 0.339 e. The molecular formula is C8H8FNO4. The van der Waals surface area contributed by atoms with Crippen molar-refractivity contribution >= 4 is 11.7 Å². The number of methoxy groups -OCH3 is 1. The highest BCUT2D eigenvalue weighted by Gasteiger charge is 2.21. The van der Waals surface area contributed by atoms with Crippen molar-refractivity contribution in [1.29, 1.82) is 0 Å². The van der Waals surface area contributed by atoms with Crippen molar-refractivity contribution in [2.24, 2.45) is 0 Å². The molecule has 1 aromatic carbocycles. The van der Waals surface area contributed by atoms with Crippen molar-refractivity contribution in [3.8, 4) is 11.5 Å². The SMILES string of the molecule is COc1c(C(=O)O)cc(N)c(O)c1F. The van der Waals surface area contributed by atoms with Gasteiger partial charge in [0.15, 0.2) is 11.5 Å². The second kappa shape index (κ2) is 3.41. The first-order valence-corrected chi connectivity index (χ1v) is 3.57. The molecule has 76 valence electrons. The Morgan fingerprint density at radius 1 is 1.64 bits per heavy atom. The Kier molecular flexibility index (Phi) is 2.46. The lowest BCUT2D eigenvalue weighted by molar-refractivity contribution is 0.0692. The van der Waals surface area contributed by atoms with E-state index in [1.54, 1.807) is 0 Å². The van der Waals surface area contributed by atoms with Crippen molar-refractivity contribution in [3.63, 3.8) is 0 Å². The number of hydrogen-bond donors (Lipinski definition) is 3. The highest BCUT2D eigenvalue weighted by molar-refractivity contribution is 5.93. The maximum atomic E-state index is 13.2. The van der Waals surface area contributed by atoms with Gasteiger partial charge in [-0.05, 0) is 6.07 Å². The molecule has 6 heteroatoms. The van der Waals surface area contributed by atoms with E-state index in [0.29, 0.717) is 0 Å². The van der Waals surface area contributed by atoms with Crippen molar-refractivity contribution in [2.75, 3.05) is 12.8 Å². The molecule has 0 aliphatic heterocycles. The minimum absolute atomic E-state index is 0.347. The first kappa shape index (κ1) is 10.1. The third kappa shape index (κ3) is 1.41. The van der Waals surface area contributed by atoms with E-state index in [2.05, 4.69) is 4.74 Å². The van der Waals surface area contributed by atoms with E-state index in [9.17, 15) is 9.18 Å². The van der Waals surface area contributed by atoms with E-state index in [0.717, 1.165) is 13.2 Å². The lowest BCUT2D eigenvalue weighted by Crippen LogP contribution is -2.04. The Balaban J connectivity index is 3.51. The van der Waals surface area contributed by atoms with Gasteiger partial charge in [0.25, 0.3) is 0 Å². The quantitative estimate of drug-likeness (QED) is 0.486. The molecule has 14 heavy (non-hydrogen) atoms. The van der Waals surface area contributed by atoms with Gasteiger partial charge in [-0.15, -0.1) is 0 Å². The molecule has 0 unspecified atom stereocenters. The van der Waals surface area contributed by atoms with Gasteiger partial charge in [0.2, 0.25) is 5.82 Å². The number of carboxylic acid groups (broad SMARTS) is 1. The highest BCUT2D eigenvalue weighted by Crippen LogP contribution is 2.34. The molecule has 1 aromatic rings. The Bertz CT molecular complexity index is 391. The molecule has 0 heterocycles. The third-order valence-corrected chi connectivity index (χ3v) is 1.66. The Morgan fingerprint density at radius 3 is 2.64 bits per heavy atom. The van der Waals surface area contributed by atoms with E-state index in [4.69, 9.17) is 15.9 Å². The minimum Gasteiger partial charge on any atom is -0.503 e. The number of benzene rings is 1. The number of carboxylic acids is 1. The van der Waals surface area contributed by atoms with Gasteiger partial charge in [0, 0.05) is 0 Å². The minimum atomic E-state index is -1.38. The number of hydrogen-bond acceptors (Lipinski definition) is 4. The molecule has 0 aromatic heterocycles. The molecule has 4 N–H and O–H groups in total. The highest BCUT2D eigenvalue weighted by atomic mass is 19.1. The summed E-state index contributed by atoms with van der Waals surface area (Å²) in [5.74, 6) is -3.91. The van der Waals surface area contributed by atoms with Gasteiger partial charge in [0.1, 0.15) is 5.56 Å². The Hall–Kier alpha value is -1.98. The fourth-order valence-electron chi connectivity index (χ4n) is 1.00. The fraction of sp³-hybridized carbons (Fsp3) is 0.125. The maximum Gasteiger partial charge on any atom is 0.339 e. The van der Waals surface area contributed by atoms with Crippen molar-refractivity contribution in [3.05, 3.63) is 17.4 Å². The molecule has 0 saturated carbocycles. The van der Waals surface area contributed by atoms with E-state index in [1.807, 2.05) is 0 Å². The van der Waals surface area contributed by atoms with Crippen LogP contribution >= 0.6 is 0 Å². The summed E-state index contributed by atoms with van der Waals surface area (Å²) in [6.45, 7) is 0. The molecule has 0 radical (unpaired) electrons. The Morgan fingerprint density at radius 2 is 2.21 bits per heavy atom. The third-order valence-electron chi connectivity index (χ3n) is 1.66. The largest absolute Gasteiger partial charge is 0.503 e. The van der Waals surface area contributed by atoms with Gasteiger partial charge >= 0.3 is 5.97 Å². The monoisotopic (exact) mass is 201 g/mol. The maximum absolute atomic E-state index is 13.2. The molecule has 0 amide bonds. The number of nitrogens with two attached hydrogens (primary N) is 1. The van der Waals surface area contributed by atoms with Crippen LogP contribution in [-0.2, 0) is 0 Å². The molecule has 0 bridgehead atoms. The second-order valence-electron chi connectivity index (χ2n) is 2.51. The number of aromatic carboxylic acids is 1. The fourth-order valence-corrected chi connectivity index (χ4v) is 1.00. The number of ether oxygens (including phenoxy) is 1. The number of phenols is 1. The summed E-state index contributed by atoms with van der Waals surface area (Å²) in [6, 6.07) is 0.930. The molecule has 0 saturated heterocycles. The van der Waals surface area contributed by atoms with E-state index in [-0.39, 0.29) is 5.69 Å². The van der Waals surface area contributed by atoms with Gasteiger partial charge in [-0.25, -0.2) is 4.79 Å². The van der Waals surface area contributed by atoms with E-state index >= 15 is 0 Å². The molecule has 5 nitrogen and oxygen atoms in total. The molecule has 0 spiro atoms. The van der Waals surface area contributed by atoms with Crippen LogP contribution in [-0.4, -0.2) is 23.3 Å². The molecular weight excluding hydrogens is 193 g/mol. The standard InChI is InChI=1S/C8H8FNO4/c1-14-7-3(8(12)13)2-4(10)6(11)5(7)9/h2,11H,10H2,1H3,(H,12,13). The molecule has 0 aliphatic carbocycles. The van der Waals surface area contributed by atoms with Crippen LogP contribution in [0.2, 0.25) is 0 Å². The van der Waals surface area contributed by atoms with Crippen LogP contribution in [0.1, 0.15) is 10.4 Å². The predicted molar refractivity (Wildman–Crippen MR) is 46.0 cm³/mol. The summed E-state index contributed by atoms with van der Waals surface area (Å²) in [7, 11) is 1.10. The summed E-state index contributed by atoms with van der Waals surface area (Å²) in [4.78, 5) is 10.6. The number of anilines is 1. The predicted octanol–water partition coefficient (Wildman–Crippen LogP) is 0.820. The number of rotatable bonds is 2. The topological polar surface area (TPSA) is 92.8 Å². The number of phenolic OH excluding ortho intramolecular Hbond substituents is 1. The molecule has 0 atom stereocenters. The average molecular weight is 201 g/mol. The van der Waals surface area contributed by atoms with Crippen LogP contribution in [0.25, 0.3) is 0 Å². The van der Waals surface area contributed by atoms with Crippen LogP contribution in [0.4, 0.5) is 10.1 Å². The van der Waals surface area contributed by atoms with Gasteiger partial charge in [-0.1, -0.05) is 0 Å². The lowest BCUT2D eigenvalue weighted by atomic mass is 10.1. The number of carbonyl (C=O) groups is 1. The van der Waals surface area contributed by atoms with Gasteiger partial charge < -0.3 is 20.7 Å². The molecule has 1 rings (SSSR count). The van der Waals surface area contributed by atoms with E-state index in [1.165, 1.54) is 0 Å². The summed E-state index contributed by atoms with van der Waals surface area (Å²) < 4.78 is 17.7. The summed E-state index contributed by atoms with van der Waals surface area (Å²) in [5, 5.41) is 17.7. The van der Waals surface area contributed by atoms with E-state index < -0.39 is 28.8 Å². The summed E-state index contributed by atoms with van der Waals surface area (Å²) >= 11 is 0. The van der Waals surface area contributed by atoms with Crippen molar-refractivity contribution < 1.29 is 24.1 Å². The number of halogens is 1. The zero-order valence-corrected chi connectivity index (χ0v) is 7.24. The van der Waals surface area contributed by atoms with Crippen LogP contribution in [0.15, 0.2) is 6.07 Å². The first-order valence-electron chi connectivity index (χ1n) is 3.57. The number of aromatic hydroxyl groups is 1.